The van der Waals surface area contributed by atoms with Crippen LogP contribution in [0, 0.1) is 0 Å². The lowest BCUT2D eigenvalue weighted by atomic mass is 10.1. The number of amides is 1. The molecular weight excluding hydrogens is 304 g/mol. The van der Waals surface area contributed by atoms with E-state index in [1.807, 2.05) is 0 Å². The summed E-state index contributed by atoms with van der Waals surface area (Å²) in [6.45, 7) is 0.584. The van der Waals surface area contributed by atoms with Gasteiger partial charge in [-0.3, -0.25) is 14.9 Å². The van der Waals surface area contributed by atoms with Crippen LogP contribution in [-0.4, -0.2) is 47.2 Å². The number of nitrogens with zero attached hydrogens (tertiary/aromatic N) is 3. The summed E-state index contributed by atoms with van der Waals surface area (Å²) in [4.78, 5) is 18.4. The third kappa shape index (κ3) is 2.61. The average molecular weight is 320 g/mol. The Bertz CT molecular complexity index is 785. The zero-order valence-electron chi connectivity index (χ0n) is 12.1. The second kappa shape index (κ2) is 5.53. The van der Waals surface area contributed by atoms with Gasteiger partial charge in [0.15, 0.2) is 9.84 Å². The molecule has 0 unspecified atom stereocenters. The molecule has 116 valence electrons. The number of H-pyrrole nitrogens is 1. The fraction of sp³-hybridized carbons (Fsp3) is 0.357. The number of hydrogen-bond acceptors (Lipinski definition) is 5. The quantitative estimate of drug-likeness (QED) is 0.916. The Morgan fingerprint density at radius 3 is 2.91 bits per heavy atom. The second-order valence-electron chi connectivity index (χ2n) is 5.32. The lowest BCUT2D eigenvalue weighted by Crippen LogP contribution is -2.31. The van der Waals surface area contributed by atoms with Crippen LogP contribution in [0.5, 0.6) is 0 Å². The van der Waals surface area contributed by atoms with E-state index in [9.17, 15) is 13.2 Å². The van der Waals surface area contributed by atoms with Crippen molar-refractivity contribution in [3.05, 3.63) is 42.0 Å². The Hall–Kier alpha value is -2.22. The fourth-order valence-corrected chi connectivity index (χ4v) is 3.61. The molecule has 2 aromatic rings. The van der Waals surface area contributed by atoms with Crippen LogP contribution in [0.3, 0.4) is 0 Å². The first-order valence-corrected chi connectivity index (χ1v) is 8.82. The number of aromatic nitrogens is 3. The molecule has 22 heavy (non-hydrogen) atoms. The molecule has 0 aromatic carbocycles. The number of carbonyl (C=O) groups excluding carboxylic acids is 1. The Morgan fingerprint density at radius 1 is 1.41 bits per heavy atom. The van der Waals surface area contributed by atoms with Gasteiger partial charge in [0, 0.05) is 25.2 Å². The van der Waals surface area contributed by atoms with Crippen molar-refractivity contribution >= 4 is 15.7 Å². The van der Waals surface area contributed by atoms with Crippen LogP contribution in [0.2, 0.25) is 0 Å². The number of likely N-dealkylation sites (tertiary alicyclic amines) is 1. The molecule has 1 aliphatic rings. The van der Waals surface area contributed by atoms with Crippen LogP contribution in [0.1, 0.15) is 34.9 Å². The highest BCUT2D eigenvalue weighted by atomic mass is 32.2. The van der Waals surface area contributed by atoms with Gasteiger partial charge in [0.25, 0.3) is 5.91 Å². The van der Waals surface area contributed by atoms with Crippen LogP contribution >= 0.6 is 0 Å². The second-order valence-corrected chi connectivity index (χ2v) is 7.30. The van der Waals surface area contributed by atoms with E-state index in [4.69, 9.17) is 0 Å². The molecule has 0 radical (unpaired) electrons. The minimum Gasteiger partial charge on any atom is -0.330 e. The Morgan fingerprint density at radius 2 is 2.23 bits per heavy atom. The van der Waals surface area contributed by atoms with E-state index in [2.05, 4.69) is 15.2 Å². The number of carbonyl (C=O) groups is 1. The van der Waals surface area contributed by atoms with Gasteiger partial charge in [0.2, 0.25) is 0 Å². The maximum atomic E-state index is 12.6. The molecule has 1 aliphatic heterocycles. The number of aromatic amines is 1. The molecule has 3 rings (SSSR count). The Labute approximate surface area is 128 Å². The first-order chi connectivity index (χ1) is 10.5. The van der Waals surface area contributed by atoms with Crippen molar-refractivity contribution in [3.8, 4) is 0 Å². The summed E-state index contributed by atoms with van der Waals surface area (Å²) in [7, 11) is -3.39. The third-order valence-electron chi connectivity index (χ3n) is 3.79. The molecule has 0 bridgehead atoms. The lowest BCUT2D eigenvalue weighted by Gasteiger charge is -2.24. The molecule has 0 aliphatic carbocycles. The summed E-state index contributed by atoms with van der Waals surface area (Å²) >= 11 is 0. The van der Waals surface area contributed by atoms with Crippen molar-refractivity contribution in [2.75, 3.05) is 12.8 Å². The summed E-state index contributed by atoms with van der Waals surface area (Å²) in [6.07, 6.45) is 7.09. The standard InChI is InChI=1S/C14H16N4O3S/c1-22(20,21)12-9-16-17-13(12)11-5-3-7-18(11)14(19)10-4-2-6-15-8-10/h2,4,6,8-9,11H,3,5,7H2,1H3,(H,16,17)/t11-/m0/s1. The number of nitrogens with one attached hydrogen (secondary N) is 1. The van der Waals surface area contributed by atoms with Crippen LogP contribution in [-0.2, 0) is 9.84 Å². The van der Waals surface area contributed by atoms with Crippen molar-refractivity contribution in [2.45, 2.75) is 23.8 Å². The lowest BCUT2D eigenvalue weighted by molar-refractivity contribution is 0.0730. The van der Waals surface area contributed by atoms with Gasteiger partial charge in [-0.25, -0.2) is 8.42 Å². The molecule has 1 N–H and O–H groups in total. The van der Waals surface area contributed by atoms with Crippen LogP contribution in [0.25, 0.3) is 0 Å². The van der Waals surface area contributed by atoms with E-state index in [-0.39, 0.29) is 16.8 Å². The molecule has 1 saturated heterocycles. The van der Waals surface area contributed by atoms with E-state index < -0.39 is 9.84 Å². The van der Waals surface area contributed by atoms with E-state index in [0.29, 0.717) is 24.2 Å². The largest absolute Gasteiger partial charge is 0.330 e. The molecule has 2 aromatic heterocycles. The molecular formula is C14H16N4O3S. The number of hydrogen-bond donors (Lipinski definition) is 1. The minimum atomic E-state index is -3.39. The van der Waals surface area contributed by atoms with E-state index in [1.54, 1.807) is 23.2 Å². The molecule has 1 fully saturated rings. The van der Waals surface area contributed by atoms with Crippen LogP contribution in [0.4, 0.5) is 0 Å². The monoisotopic (exact) mass is 320 g/mol. The highest BCUT2D eigenvalue weighted by Gasteiger charge is 2.34. The van der Waals surface area contributed by atoms with Gasteiger partial charge in [0.1, 0.15) is 4.90 Å². The minimum absolute atomic E-state index is 0.148. The van der Waals surface area contributed by atoms with Crippen molar-refractivity contribution in [1.29, 1.82) is 0 Å². The third-order valence-corrected chi connectivity index (χ3v) is 4.91. The van der Waals surface area contributed by atoms with E-state index in [0.717, 1.165) is 12.7 Å². The number of sulfone groups is 1. The molecule has 0 spiro atoms. The molecule has 3 heterocycles. The van der Waals surface area contributed by atoms with Gasteiger partial charge in [-0.2, -0.15) is 5.10 Å². The molecule has 0 saturated carbocycles. The van der Waals surface area contributed by atoms with Gasteiger partial charge >= 0.3 is 0 Å². The topological polar surface area (TPSA) is 96.0 Å². The van der Waals surface area contributed by atoms with Gasteiger partial charge in [-0.15, -0.1) is 0 Å². The van der Waals surface area contributed by atoms with Gasteiger partial charge in [-0.1, -0.05) is 0 Å². The first-order valence-electron chi connectivity index (χ1n) is 6.93. The van der Waals surface area contributed by atoms with Crippen molar-refractivity contribution in [1.82, 2.24) is 20.1 Å². The zero-order valence-corrected chi connectivity index (χ0v) is 12.9. The molecule has 8 heteroatoms. The number of pyridine rings is 1. The highest BCUT2D eigenvalue weighted by molar-refractivity contribution is 7.90. The summed E-state index contributed by atoms with van der Waals surface area (Å²) in [5, 5.41) is 6.60. The summed E-state index contributed by atoms with van der Waals surface area (Å²) in [5.74, 6) is -0.148. The van der Waals surface area contributed by atoms with Gasteiger partial charge in [0.05, 0.1) is 23.5 Å². The van der Waals surface area contributed by atoms with Crippen LogP contribution < -0.4 is 0 Å². The average Bonchev–Trinajstić information content (AvgIpc) is 3.15. The van der Waals surface area contributed by atoms with Gasteiger partial charge < -0.3 is 4.90 Å². The van der Waals surface area contributed by atoms with Crippen molar-refractivity contribution in [2.24, 2.45) is 0 Å². The van der Waals surface area contributed by atoms with E-state index in [1.165, 1.54) is 12.4 Å². The smallest absolute Gasteiger partial charge is 0.255 e. The highest BCUT2D eigenvalue weighted by Crippen LogP contribution is 2.34. The Kier molecular flexibility index (Phi) is 3.69. The normalized spacial score (nSPS) is 18.6. The predicted molar refractivity (Wildman–Crippen MR) is 78.9 cm³/mol. The molecule has 1 amide bonds. The molecule has 7 nitrogen and oxygen atoms in total. The van der Waals surface area contributed by atoms with Crippen LogP contribution in [0.15, 0.2) is 35.6 Å². The van der Waals surface area contributed by atoms with Crippen molar-refractivity contribution < 1.29 is 13.2 Å². The SMILES string of the molecule is CS(=O)(=O)c1cn[nH]c1[C@@H]1CCCN1C(=O)c1cccnc1. The van der Waals surface area contributed by atoms with Gasteiger partial charge in [-0.05, 0) is 25.0 Å². The molecule has 1 atom stereocenters. The first kappa shape index (κ1) is 14.7. The maximum Gasteiger partial charge on any atom is 0.255 e. The summed E-state index contributed by atoms with van der Waals surface area (Å²) < 4.78 is 23.7. The fourth-order valence-electron chi connectivity index (χ4n) is 2.78. The van der Waals surface area contributed by atoms with E-state index >= 15 is 0 Å². The van der Waals surface area contributed by atoms with Crippen molar-refractivity contribution in [3.63, 3.8) is 0 Å². The summed E-state index contributed by atoms with van der Waals surface area (Å²) in [6, 6.07) is 3.10. The number of rotatable bonds is 3. The maximum absolute atomic E-state index is 12.6. The Balaban J connectivity index is 1.95. The predicted octanol–water partition coefficient (Wildman–Crippen LogP) is 1.19. The summed E-state index contributed by atoms with van der Waals surface area (Å²) in [5.41, 5.74) is 0.979. The zero-order chi connectivity index (χ0) is 15.7.